The molecule has 8 heteroatoms. The van der Waals surface area contributed by atoms with Gasteiger partial charge in [0.25, 0.3) is 5.82 Å². The van der Waals surface area contributed by atoms with E-state index in [1.54, 1.807) is 6.20 Å². The van der Waals surface area contributed by atoms with Crippen molar-refractivity contribution in [3.8, 4) is 0 Å². The van der Waals surface area contributed by atoms with E-state index in [0.29, 0.717) is 17.9 Å². The number of aromatic nitrogens is 2. The third-order valence-electron chi connectivity index (χ3n) is 5.17. The number of nitrogens with zero attached hydrogens (tertiary/aromatic N) is 4. The van der Waals surface area contributed by atoms with Crippen molar-refractivity contribution in [3.63, 3.8) is 0 Å². The molecule has 1 saturated heterocycles. The van der Waals surface area contributed by atoms with Crippen LogP contribution in [-0.2, 0) is 9.53 Å². The van der Waals surface area contributed by atoms with E-state index < -0.39 is 5.60 Å². The molecule has 1 fully saturated rings. The molecule has 0 amide bonds. The lowest BCUT2D eigenvalue weighted by Crippen LogP contribution is -2.44. The van der Waals surface area contributed by atoms with Crippen molar-refractivity contribution in [1.82, 2.24) is 9.36 Å². The average molecular weight is 428 g/mol. The van der Waals surface area contributed by atoms with Crippen LogP contribution in [-0.4, -0.2) is 33.5 Å². The maximum atomic E-state index is 12.4. The summed E-state index contributed by atoms with van der Waals surface area (Å²) in [5.74, 6) is 0.403. The van der Waals surface area contributed by atoms with E-state index in [-0.39, 0.29) is 17.9 Å². The second-order valence-corrected chi connectivity index (χ2v) is 9.57. The van der Waals surface area contributed by atoms with Gasteiger partial charge in [-0.2, -0.15) is 4.37 Å². The first-order valence-corrected chi connectivity index (χ1v) is 11.0. The van der Waals surface area contributed by atoms with Crippen molar-refractivity contribution in [1.29, 1.82) is 0 Å². The van der Waals surface area contributed by atoms with Gasteiger partial charge in [-0.1, -0.05) is 6.57 Å². The summed E-state index contributed by atoms with van der Waals surface area (Å²) in [4.78, 5) is 22.6. The Hall–Kier alpha value is -2.66. The van der Waals surface area contributed by atoms with E-state index in [1.165, 1.54) is 11.5 Å². The Kier molecular flexibility index (Phi) is 6.61. The molecule has 0 aromatic carbocycles. The van der Waals surface area contributed by atoms with E-state index in [2.05, 4.69) is 31.3 Å². The van der Waals surface area contributed by atoms with E-state index >= 15 is 0 Å². The van der Waals surface area contributed by atoms with E-state index in [0.717, 1.165) is 35.8 Å². The molecule has 7 nitrogen and oxygen atoms in total. The van der Waals surface area contributed by atoms with Gasteiger partial charge in [0.2, 0.25) is 0 Å². The van der Waals surface area contributed by atoms with Gasteiger partial charge in [-0.15, -0.1) is 4.98 Å². The zero-order valence-electron chi connectivity index (χ0n) is 18.2. The molecule has 30 heavy (non-hydrogen) atoms. The highest BCUT2D eigenvalue weighted by atomic mass is 32.1. The molecule has 0 bridgehead atoms. The van der Waals surface area contributed by atoms with Crippen LogP contribution in [0.15, 0.2) is 18.3 Å². The zero-order valence-corrected chi connectivity index (χ0v) is 19.0. The second kappa shape index (κ2) is 9.00. The minimum absolute atomic E-state index is 0.148. The molecular weight excluding hydrogens is 398 g/mol. The van der Waals surface area contributed by atoms with Crippen LogP contribution in [0.1, 0.15) is 52.7 Å². The third-order valence-corrected chi connectivity index (χ3v) is 5.97. The lowest BCUT2D eigenvalue weighted by atomic mass is 9.87. The Bertz CT molecular complexity index is 944. The van der Waals surface area contributed by atoms with Crippen molar-refractivity contribution >= 4 is 39.7 Å². The molecule has 2 aromatic heterocycles. The van der Waals surface area contributed by atoms with E-state index in [1.807, 2.05) is 39.8 Å². The zero-order chi connectivity index (χ0) is 21.9. The Morgan fingerprint density at radius 2 is 2.20 bits per heavy atom. The molecular formula is C22H29N5O2S. The molecule has 2 aromatic rings. The normalized spacial score (nSPS) is 19.3. The maximum absolute atomic E-state index is 12.4. The molecule has 0 unspecified atom stereocenters. The van der Waals surface area contributed by atoms with Crippen molar-refractivity contribution in [2.24, 2.45) is 5.92 Å². The lowest BCUT2D eigenvalue weighted by Gasteiger charge is -2.40. The maximum Gasteiger partial charge on any atom is 0.306 e. The minimum atomic E-state index is -0.468. The number of anilines is 3. The number of carbonyl (C=O) groups excluding carboxylic acids is 1. The molecule has 0 spiro atoms. The number of pyridine rings is 1. The van der Waals surface area contributed by atoms with Crippen LogP contribution in [0.25, 0.3) is 4.85 Å². The van der Waals surface area contributed by atoms with Crippen LogP contribution in [0.5, 0.6) is 0 Å². The first kappa shape index (κ1) is 22.0. The molecule has 0 aliphatic carbocycles. The fraction of sp³-hybridized carbons (Fsp3) is 0.545. The van der Waals surface area contributed by atoms with Crippen molar-refractivity contribution in [2.75, 3.05) is 16.8 Å². The van der Waals surface area contributed by atoms with E-state index in [4.69, 9.17) is 11.3 Å². The summed E-state index contributed by atoms with van der Waals surface area (Å²) in [5, 5.41) is 4.17. The lowest BCUT2D eigenvalue weighted by molar-refractivity contribution is -0.156. The molecule has 1 aliphatic heterocycles. The first-order valence-electron chi connectivity index (χ1n) is 10.2. The fourth-order valence-corrected chi connectivity index (χ4v) is 4.47. The topological polar surface area (TPSA) is 71.7 Å². The fourth-order valence-electron chi connectivity index (χ4n) is 3.80. The summed E-state index contributed by atoms with van der Waals surface area (Å²) < 4.78 is 9.81. The standard InChI is InChI=1S/C22H29N5O2S/c1-14-10-19(30-26-14)25-18-12-17(13-24-21(18)23-6)27-9-7-8-16(15(27)2)11-20(28)29-22(3,4)5/h10,12-13,15-16,25H,7-9,11H2,1-5H3/t15-,16+/m1/s1. The highest BCUT2D eigenvalue weighted by Gasteiger charge is 2.32. The Morgan fingerprint density at radius 3 is 2.83 bits per heavy atom. The number of rotatable bonds is 5. The molecule has 1 N–H and O–H groups in total. The van der Waals surface area contributed by atoms with Crippen LogP contribution < -0.4 is 10.2 Å². The van der Waals surface area contributed by atoms with Crippen LogP contribution >= 0.6 is 11.5 Å². The molecule has 1 aliphatic rings. The average Bonchev–Trinajstić information content (AvgIpc) is 3.06. The summed E-state index contributed by atoms with van der Waals surface area (Å²) >= 11 is 1.36. The molecule has 0 radical (unpaired) electrons. The van der Waals surface area contributed by atoms with Gasteiger partial charge in [-0.05, 0) is 77.0 Å². The van der Waals surface area contributed by atoms with Gasteiger partial charge in [0.1, 0.15) is 16.8 Å². The summed E-state index contributed by atoms with van der Waals surface area (Å²) in [6, 6.07) is 4.10. The molecule has 3 heterocycles. The summed E-state index contributed by atoms with van der Waals surface area (Å²) in [6.45, 7) is 18.1. The molecule has 2 atom stereocenters. The third kappa shape index (κ3) is 5.48. The minimum Gasteiger partial charge on any atom is -0.460 e. The van der Waals surface area contributed by atoms with Crippen LogP contribution in [0.3, 0.4) is 0 Å². The number of ether oxygens (including phenoxy) is 1. The van der Waals surface area contributed by atoms with Crippen LogP contribution in [0.2, 0.25) is 0 Å². The van der Waals surface area contributed by atoms with Gasteiger partial charge in [0, 0.05) is 12.6 Å². The predicted octanol–water partition coefficient (Wildman–Crippen LogP) is 5.48. The van der Waals surface area contributed by atoms with Crippen LogP contribution in [0.4, 0.5) is 22.2 Å². The van der Waals surface area contributed by atoms with Gasteiger partial charge >= 0.3 is 5.97 Å². The van der Waals surface area contributed by atoms with Gasteiger partial charge in [0.05, 0.1) is 23.5 Å². The number of hydrogen-bond acceptors (Lipinski definition) is 7. The van der Waals surface area contributed by atoms with Crippen molar-refractivity contribution in [2.45, 2.75) is 65.5 Å². The number of carbonyl (C=O) groups is 1. The molecule has 0 saturated carbocycles. The summed E-state index contributed by atoms with van der Waals surface area (Å²) in [5.41, 5.74) is 2.09. The molecule has 3 rings (SSSR count). The first-order chi connectivity index (χ1) is 14.2. The Balaban J connectivity index is 1.78. The summed E-state index contributed by atoms with van der Waals surface area (Å²) in [7, 11) is 0. The van der Waals surface area contributed by atoms with Crippen molar-refractivity contribution in [3.05, 3.63) is 35.4 Å². The largest absolute Gasteiger partial charge is 0.460 e. The second-order valence-electron chi connectivity index (χ2n) is 8.76. The highest BCUT2D eigenvalue weighted by Crippen LogP contribution is 2.36. The van der Waals surface area contributed by atoms with Crippen LogP contribution in [0, 0.1) is 19.4 Å². The monoisotopic (exact) mass is 427 g/mol. The van der Waals surface area contributed by atoms with Gasteiger partial charge in [-0.3, -0.25) is 4.79 Å². The number of piperidine rings is 1. The quantitative estimate of drug-likeness (QED) is 0.503. The number of esters is 1. The smallest absolute Gasteiger partial charge is 0.306 e. The SMILES string of the molecule is [C-]#[N+]c1ncc(N2CCC[C@@H](CC(=O)OC(C)(C)C)[C@H]2C)cc1Nc1cc(C)ns1. The van der Waals surface area contributed by atoms with Gasteiger partial charge in [-0.25, -0.2) is 0 Å². The Labute approximate surface area is 182 Å². The number of aryl methyl sites for hydroxylation is 1. The Morgan fingerprint density at radius 1 is 1.43 bits per heavy atom. The van der Waals surface area contributed by atoms with Gasteiger partial charge in [0.15, 0.2) is 0 Å². The van der Waals surface area contributed by atoms with E-state index in [9.17, 15) is 4.79 Å². The highest BCUT2D eigenvalue weighted by molar-refractivity contribution is 7.10. The molecule has 160 valence electrons. The van der Waals surface area contributed by atoms with Gasteiger partial charge < -0.3 is 19.8 Å². The summed E-state index contributed by atoms with van der Waals surface area (Å²) in [6.07, 6.45) is 4.16. The number of nitrogens with one attached hydrogen (secondary N) is 1. The van der Waals surface area contributed by atoms with Crippen molar-refractivity contribution < 1.29 is 9.53 Å². The predicted molar refractivity (Wildman–Crippen MR) is 121 cm³/mol. The number of hydrogen-bond donors (Lipinski definition) is 1.